The summed E-state index contributed by atoms with van der Waals surface area (Å²) in [6.45, 7) is 7.63. The first-order valence-corrected chi connectivity index (χ1v) is 9.32. The van der Waals surface area contributed by atoms with Crippen molar-refractivity contribution < 1.29 is 0 Å². The van der Waals surface area contributed by atoms with Gasteiger partial charge in [0.25, 0.3) is 0 Å². The number of rotatable bonds is 4. The first kappa shape index (κ1) is 17.3. The summed E-state index contributed by atoms with van der Waals surface area (Å²) in [6.07, 6.45) is 4.47. The van der Waals surface area contributed by atoms with Gasteiger partial charge < -0.3 is 9.80 Å². The molecular weight excluding hydrogens is 338 g/mol. The molecule has 0 aliphatic carbocycles. The van der Waals surface area contributed by atoms with Crippen LogP contribution in [0.1, 0.15) is 18.4 Å². The van der Waals surface area contributed by atoms with E-state index in [0.717, 1.165) is 61.4 Å². The molecule has 0 bridgehead atoms. The summed E-state index contributed by atoms with van der Waals surface area (Å²) in [6, 6.07) is 9.89. The molecule has 1 aliphatic heterocycles. The lowest BCUT2D eigenvalue weighted by Gasteiger charge is -2.36. The number of hydrogen-bond donors (Lipinski definition) is 0. The quantitative estimate of drug-likeness (QED) is 0.707. The van der Waals surface area contributed by atoms with Crippen molar-refractivity contribution in [2.75, 3.05) is 36.0 Å². The van der Waals surface area contributed by atoms with Crippen LogP contribution < -0.4 is 9.80 Å². The highest BCUT2D eigenvalue weighted by molar-refractivity contribution is 5.54. The number of pyridine rings is 1. The zero-order valence-corrected chi connectivity index (χ0v) is 15.7. The Bertz CT molecular complexity index is 905. The van der Waals surface area contributed by atoms with Gasteiger partial charge in [-0.2, -0.15) is 0 Å². The van der Waals surface area contributed by atoms with Crippen molar-refractivity contribution in [2.24, 2.45) is 0 Å². The highest BCUT2D eigenvalue weighted by Gasteiger charge is 2.20. The van der Waals surface area contributed by atoms with Crippen LogP contribution in [0.15, 0.2) is 42.7 Å². The van der Waals surface area contributed by atoms with Crippen LogP contribution in [-0.2, 0) is 6.42 Å². The highest BCUT2D eigenvalue weighted by Crippen LogP contribution is 2.21. The summed E-state index contributed by atoms with van der Waals surface area (Å²) in [4.78, 5) is 27.2. The second-order valence-electron chi connectivity index (χ2n) is 6.55. The highest BCUT2D eigenvalue weighted by atomic mass is 15.3. The molecule has 0 radical (unpaired) electrons. The first-order valence-electron chi connectivity index (χ1n) is 9.32. The van der Waals surface area contributed by atoms with Crippen molar-refractivity contribution in [3.63, 3.8) is 0 Å². The van der Waals surface area contributed by atoms with Crippen LogP contribution >= 0.6 is 0 Å². The van der Waals surface area contributed by atoms with Gasteiger partial charge in [0.15, 0.2) is 5.82 Å². The number of aryl methyl sites for hydroxylation is 2. The molecule has 0 aromatic carbocycles. The zero-order chi connectivity index (χ0) is 18.6. The van der Waals surface area contributed by atoms with Crippen LogP contribution in [0.4, 0.5) is 11.6 Å². The second-order valence-corrected chi connectivity index (χ2v) is 6.55. The van der Waals surface area contributed by atoms with Crippen LogP contribution in [-0.4, -0.2) is 51.1 Å². The standard InChI is InChI=1S/C20H23N7/c1-3-16-14-19(25-20(24-16)17-6-4-5-8-22-17)27-12-10-26(11-13-27)18-7-9-21-15(2)23-18/h4-9,14H,3,10-13H2,1-2H3. The van der Waals surface area contributed by atoms with Gasteiger partial charge in [-0.3, -0.25) is 4.98 Å². The molecule has 1 aliphatic rings. The Morgan fingerprint density at radius 3 is 2.30 bits per heavy atom. The molecule has 0 unspecified atom stereocenters. The van der Waals surface area contributed by atoms with E-state index in [-0.39, 0.29) is 0 Å². The number of aromatic nitrogens is 5. The minimum Gasteiger partial charge on any atom is -0.353 e. The summed E-state index contributed by atoms with van der Waals surface area (Å²) in [5.74, 6) is 3.46. The molecule has 0 spiro atoms. The summed E-state index contributed by atoms with van der Waals surface area (Å²) in [5.41, 5.74) is 1.85. The predicted octanol–water partition coefficient (Wildman–Crippen LogP) is 2.53. The van der Waals surface area contributed by atoms with E-state index in [1.807, 2.05) is 37.4 Å². The van der Waals surface area contributed by atoms with E-state index in [9.17, 15) is 0 Å². The average molecular weight is 361 g/mol. The Labute approximate surface area is 159 Å². The smallest absolute Gasteiger partial charge is 0.180 e. The molecule has 27 heavy (non-hydrogen) atoms. The molecule has 3 aromatic heterocycles. The molecular formula is C20H23N7. The van der Waals surface area contributed by atoms with E-state index in [2.05, 4.69) is 42.7 Å². The van der Waals surface area contributed by atoms with E-state index < -0.39 is 0 Å². The van der Waals surface area contributed by atoms with Gasteiger partial charge in [-0.05, 0) is 31.5 Å². The third kappa shape index (κ3) is 3.86. The Morgan fingerprint density at radius 2 is 1.63 bits per heavy atom. The minimum absolute atomic E-state index is 0.693. The monoisotopic (exact) mass is 361 g/mol. The number of nitrogens with zero attached hydrogens (tertiary/aromatic N) is 7. The van der Waals surface area contributed by atoms with Crippen molar-refractivity contribution in [3.8, 4) is 11.5 Å². The topological polar surface area (TPSA) is 70.9 Å². The van der Waals surface area contributed by atoms with Gasteiger partial charge in [-0.25, -0.2) is 19.9 Å². The average Bonchev–Trinajstić information content (AvgIpc) is 2.74. The van der Waals surface area contributed by atoms with Gasteiger partial charge in [-0.15, -0.1) is 0 Å². The lowest BCUT2D eigenvalue weighted by molar-refractivity contribution is 0.639. The fraction of sp³-hybridized carbons (Fsp3) is 0.350. The molecule has 0 atom stereocenters. The molecule has 138 valence electrons. The lowest BCUT2D eigenvalue weighted by atomic mass is 10.2. The fourth-order valence-corrected chi connectivity index (χ4v) is 3.22. The zero-order valence-electron chi connectivity index (χ0n) is 15.7. The van der Waals surface area contributed by atoms with Crippen molar-refractivity contribution >= 4 is 11.6 Å². The van der Waals surface area contributed by atoms with E-state index in [1.54, 1.807) is 6.20 Å². The van der Waals surface area contributed by atoms with Crippen LogP contribution in [0.2, 0.25) is 0 Å². The molecule has 0 N–H and O–H groups in total. The van der Waals surface area contributed by atoms with Crippen molar-refractivity contribution in [1.29, 1.82) is 0 Å². The van der Waals surface area contributed by atoms with E-state index in [0.29, 0.717) is 5.82 Å². The Kier molecular flexibility index (Phi) is 4.91. The Balaban J connectivity index is 1.54. The van der Waals surface area contributed by atoms with Crippen molar-refractivity contribution in [2.45, 2.75) is 20.3 Å². The van der Waals surface area contributed by atoms with Crippen molar-refractivity contribution in [1.82, 2.24) is 24.9 Å². The third-order valence-electron chi connectivity index (χ3n) is 4.71. The first-order chi connectivity index (χ1) is 13.2. The number of piperazine rings is 1. The molecule has 7 heteroatoms. The molecule has 7 nitrogen and oxygen atoms in total. The van der Waals surface area contributed by atoms with Crippen LogP contribution in [0.3, 0.4) is 0 Å². The SMILES string of the molecule is CCc1cc(N2CCN(c3ccnc(C)n3)CC2)nc(-c2ccccn2)n1. The van der Waals surface area contributed by atoms with Crippen LogP contribution in [0.5, 0.6) is 0 Å². The summed E-state index contributed by atoms with van der Waals surface area (Å²) < 4.78 is 0. The number of hydrogen-bond acceptors (Lipinski definition) is 7. The summed E-state index contributed by atoms with van der Waals surface area (Å²) in [5, 5.41) is 0. The lowest BCUT2D eigenvalue weighted by Crippen LogP contribution is -2.47. The maximum Gasteiger partial charge on any atom is 0.180 e. The maximum atomic E-state index is 4.80. The van der Waals surface area contributed by atoms with Gasteiger partial charge in [-0.1, -0.05) is 13.0 Å². The van der Waals surface area contributed by atoms with Gasteiger partial charge in [0.1, 0.15) is 23.2 Å². The molecule has 1 fully saturated rings. The second kappa shape index (κ2) is 7.65. The Morgan fingerprint density at radius 1 is 0.852 bits per heavy atom. The van der Waals surface area contributed by atoms with Crippen LogP contribution in [0, 0.1) is 6.92 Å². The number of anilines is 2. The van der Waals surface area contributed by atoms with E-state index in [1.165, 1.54) is 0 Å². The predicted molar refractivity (Wildman–Crippen MR) is 106 cm³/mol. The molecule has 3 aromatic rings. The minimum atomic E-state index is 0.693. The summed E-state index contributed by atoms with van der Waals surface area (Å²) >= 11 is 0. The molecule has 1 saturated heterocycles. The van der Waals surface area contributed by atoms with Crippen molar-refractivity contribution in [3.05, 3.63) is 54.2 Å². The molecule has 0 saturated carbocycles. The van der Waals surface area contributed by atoms with Gasteiger partial charge in [0.2, 0.25) is 0 Å². The molecule has 0 amide bonds. The van der Waals surface area contributed by atoms with E-state index >= 15 is 0 Å². The third-order valence-corrected chi connectivity index (χ3v) is 4.71. The molecule has 4 rings (SSSR count). The largest absolute Gasteiger partial charge is 0.353 e. The normalized spacial score (nSPS) is 14.4. The van der Waals surface area contributed by atoms with Crippen LogP contribution in [0.25, 0.3) is 11.5 Å². The maximum absolute atomic E-state index is 4.80. The van der Waals surface area contributed by atoms with Gasteiger partial charge in [0, 0.05) is 50.3 Å². The fourth-order valence-electron chi connectivity index (χ4n) is 3.22. The molecule has 4 heterocycles. The van der Waals surface area contributed by atoms with Gasteiger partial charge in [0.05, 0.1) is 0 Å². The summed E-state index contributed by atoms with van der Waals surface area (Å²) in [7, 11) is 0. The Hall–Kier alpha value is -3.09. The van der Waals surface area contributed by atoms with E-state index in [4.69, 9.17) is 4.98 Å². The van der Waals surface area contributed by atoms with Gasteiger partial charge >= 0.3 is 0 Å².